The van der Waals surface area contributed by atoms with E-state index < -0.39 is 122 Å². The van der Waals surface area contributed by atoms with Gasteiger partial charge < -0.3 is 10.0 Å². The van der Waals surface area contributed by atoms with Gasteiger partial charge >= 0.3 is 0 Å². The third-order valence-electron chi connectivity index (χ3n) is 8.19. The van der Waals surface area contributed by atoms with Gasteiger partial charge in [0.15, 0.2) is 52.4 Å². The van der Waals surface area contributed by atoms with Gasteiger partial charge in [0, 0.05) is 0 Å². The lowest BCUT2D eigenvalue weighted by atomic mass is 9.12. The molecule has 266 valence electrons. The highest BCUT2D eigenvalue weighted by Gasteiger charge is 2.48. The topological polar surface area (TPSA) is 24.7 Å². The van der Waals surface area contributed by atoms with E-state index in [0.29, 0.717) is 24.3 Å². The van der Waals surface area contributed by atoms with Crippen molar-refractivity contribution in [2.24, 2.45) is 0 Å². The lowest BCUT2D eigenvalue weighted by Gasteiger charge is -2.44. The number of nitrogens with one attached hydrogen (secondary N) is 1. The number of aliphatic hydroxyl groups excluding tert-OH is 1. The van der Waals surface area contributed by atoms with Crippen LogP contribution in [0.1, 0.15) is 26.3 Å². The van der Waals surface area contributed by atoms with Crippen LogP contribution >= 0.6 is 0 Å². The molecule has 0 heterocycles. The molecule has 49 heavy (non-hydrogen) atoms. The molecule has 2 N–H and O–H groups in total. The van der Waals surface area contributed by atoms with Crippen molar-refractivity contribution in [1.82, 2.24) is 0 Å². The van der Waals surface area contributed by atoms with Crippen LogP contribution in [0, 0.1) is 87.3 Å². The molecule has 0 radical (unpaired) electrons. The summed E-state index contributed by atoms with van der Waals surface area (Å²) in [6.45, 7) is 9.58. The maximum absolute atomic E-state index is 15.4. The van der Waals surface area contributed by atoms with Crippen molar-refractivity contribution >= 4 is 28.0 Å². The first-order valence-corrected chi connectivity index (χ1v) is 14.2. The van der Waals surface area contributed by atoms with Crippen LogP contribution in [0.15, 0.2) is 24.3 Å². The number of aliphatic hydroxyl groups is 1. The molecule has 4 aromatic carbocycles. The highest BCUT2D eigenvalue weighted by atomic mass is 19.2. The minimum Gasteiger partial charge on any atom is -0.392 e. The highest BCUT2D eigenvalue weighted by molar-refractivity contribution is 7.20. The summed E-state index contributed by atoms with van der Waals surface area (Å²) in [5.74, 6) is -46.0. The summed E-state index contributed by atoms with van der Waals surface area (Å²) in [5.41, 5.74) is -9.91. The first-order valence-electron chi connectivity index (χ1n) is 14.2. The fourth-order valence-corrected chi connectivity index (χ4v) is 5.60. The minimum absolute atomic E-state index is 0.240. The zero-order valence-electron chi connectivity index (χ0n) is 25.3. The van der Waals surface area contributed by atoms with E-state index in [2.05, 4.69) is 20.8 Å². The Bertz CT molecular complexity index is 1620. The number of benzene rings is 4. The number of rotatable bonds is 8. The summed E-state index contributed by atoms with van der Waals surface area (Å²) in [4.78, 5) is 1.68. The average Bonchev–Trinajstić information content (AvgIpc) is 3.10. The van der Waals surface area contributed by atoms with Crippen LogP contribution in [0.4, 0.5) is 65.9 Å². The van der Waals surface area contributed by atoms with Crippen LogP contribution < -0.4 is 26.8 Å². The molecular formula is C31H23BF15NO. The predicted molar refractivity (Wildman–Crippen MR) is 148 cm³/mol. The van der Waals surface area contributed by atoms with Crippen molar-refractivity contribution in [2.45, 2.75) is 27.4 Å². The van der Waals surface area contributed by atoms with Gasteiger partial charge in [0.1, 0.15) is 41.0 Å². The Morgan fingerprint density at radius 1 is 0.408 bits per heavy atom. The van der Waals surface area contributed by atoms with Crippen LogP contribution in [0.3, 0.4) is 0 Å². The monoisotopic (exact) mass is 721 g/mol. The van der Waals surface area contributed by atoms with Gasteiger partial charge in [-0.15, -0.1) is 16.4 Å². The van der Waals surface area contributed by atoms with Crippen molar-refractivity contribution in [1.29, 1.82) is 0 Å². The van der Waals surface area contributed by atoms with Gasteiger partial charge in [0.05, 0.1) is 26.2 Å². The van der Waals surface area contributed by atoms with E-state index in [9.17, 15) is 44.6 Å². The predicted octanol–water partition coefficient (Wildman–Crippen LogP) is 4.57. The first-order chi connectivity index (χ1) is 22.9. The fourth-order valence-electron chi connectivity index (χ4n) is 5.60. The van der Waals surface area contributed by atoms with Gasteiger partial charge in [-0.05, 0) is 26.3 Å². The largest absolute Gasteiger partial charge is 0.392 e. The van der Waals surface area contributed by atoms with Crippen LogP contribution in [-0.2, 0) is 6.61 Å². The molecule has 0 saturated carbocycles. The Morgan fingerprint density at radius 3 is 0.816 bits per heavy atom. The zero-order valence-corrected chi connectivity index (χ0v) is 25.3. The van der Waals surface area contributed by atoms with Gasteiger partial charge in [0.25, 0.3) is 0 Å². The van der Waals surface area contributed by atoms with E-state index >= 15 is 26.3 Å². The van der Waals surface area contributed by atoms with Crippen molar-refractivity contribution in [3.05, 3.63) is 117 Å². The summed E-state index contributed by atoms with van der Waals surface area (Å²) in [5, 5.41) is 9.28. The van der Waals surface area contributed by atoms with Crippen molar-refractivity contribution < 1.29 is 75.9 Å². The molecule has 0 bridgehead atoms. The molecule has 18 heteroatoms. The van der Waals surface area contributed by atoms with E-state index in [1.165, 1.54) is 19.6 Å². The highest BCUT2D eigenvalue weighted by Crippen LogP contribution is 2.28. The zero-order chi connectivity index (χ0) is 37.3. The maximum atomic E-state index is 15.4. The molecule has 0 unspecified atom stereocenters. The van der Waals surface area contributed by atoms with Gasteiger partial charge in [-0.3, -0.25) is 0 Å². The summed E-state index contributed by atoms with van der Waals surface area (Å²) < 4.78 is 221. The molecule has 2 nitrogen and oxygen atoms in total. The van der Waals surface area contributed by atoms with Crippen LogP contribution in [0.2, 0.25) is 0 Å². The van der Waals surface area contributed by atoms with E-state index in [-0.39, 0.29) is 5.56 Å². The quantitative estimate of drug-likeness (QED) is 0.119. The van der Waals surface area contributed by atoms with Gasteiger partial charge in [-0.2, -0.15) is 5.46 Å². The van der Waals surface area contributed by atoms with Gasteiger partial charge in [-0.25, -0.2) is 65.9 Å². The van der Waals surface area contributed by atoms with Crippen LogP contribution in [-0.4, -0.2) is 30.9 Å². The molecule has 0 atom stereocenters. The molecule has 0 aliphatic carbocycles. The second-order valence-corrected chi connectivity index (χ2v) is 10.5. The second kappa shape index (κ2) is 15.1. The number of hydrogen-bond acceptors (Lipinski definition) is 1. The number of quaternary nitrogens is 1. The molecule has 4 rings (SSSR count). The van der Waals surface area contributed by atoms with E-state index in [4.69, 9.17) is 0 Å². The first kappa shape index (κ1) is 39.3. The van der Waals surface area contributed by atoms with E-state index in [0.717, 1.165) is 0 Å². The van der Waals surface area contributed by atoms with Gasteiger partial charge in [0.2, 0.25) is 0 Å². The van der Waals surface area contributed by atoms with Crippen LogP contribution in [0.25, 0.3) is 0 Å². The third kappa shape index (κ3) is 6.35. The number of halogens is 15. The third-order valence-corrected chi connectivity index (χ3v) is 8.19. The standard InChI is InChI=1S/C25H7BF15O.C6H15N/c27-11-8(12(28)18(34)23(39)17(11)33)26(7-3-1-6(5-42)2-4-7,9-13(29)19(35)24(40)20(36)14(9)30)10-15(31)21(37)25(41)22(38)16(10)32;1-4-7(5-2)6-3/h1-4,42H,5H2;4-6H2,1-3H3/q-1;/p+1. The fraction of sp³-hybridized carbons (Fsp3) is 0.226. The second-order valence-electron chi connectivity index (χ2n) is 10.5. The minimum atomic E-state index is -5.82. The lowest BCUT2D eigenvalue weighted by molar-refractivity contribution is -0.894. The summed E-state index contributed by atoms with van der Waals surface area (Å²) in [7, 11) is 0. The molecule has 4 aromatic rings. The SMILES string of the molecule is CC[NH+](CC)CC.OCc1ccc([B-](c2c(F)c(F)c(F)c(F)c2F)(c2c(F)c(F)c(F)c(F)c2F)c2c(F)c(F)c(F)c(F)c2F)cc1. The maximum Gasteiger partial charge on any atom is 0.200 e. The molecule has 0 fully saturated rings. The molecule has 0 aliphatic rings. The smallest absolute Gasteiger partial charge is 0.200 e. The summed E-state index contributed by atoms with van der Waals surface area (Å²) in [6, 6.07) is 1.85. The molecule has 0 amide bonds. The average molecular weight is 721 g/mol. The lowest BCUT2D eigenvalue weighted by Crippen LogP contribution is -3.11. The van der Waals surface area contributed by atoms with Crippen molar-refractivity contribution in [3.63, 3.8) is 0 Å². The van der Waals surface area contributed by atoms with Gasteiger partial charge in [-0.1, -0.05) is 24.3 Å². The molecular weight excluding hydrogens is 698 g/mol. The Kier molecular flexibility index (Phi) is 12.1. The Balaban J connectivity index is 0.000000838. The molecule has 0 saturated heterocycles. The normalized spacial score (nSPS) is 11.7. The Morgan fingerprint density at radius 2 is 0.633 bits per heavy atom. The molecule has 0 aliphatic heterocycles. The van der Waals surface area contributed by atoms with Crippen molar-refractivity contribution in [2.75, 3.05) is 19.6 Å². The van der Waals surface area contributed by atoms with E-state index in [1.807, 2.05) is 0 Å². The Labute approximate surface area is 268 Å². The van der Waals surface area contributed by atoms with E-state index in [1.54, 1.807) is 4.90 Å². The van der Waals surface area contributed by atoms with Crippen LogP contribution in [0.5, 0.6) is 0 Å². The molecule has 0 spiro atoms. The Hall–Kier alpha value is -4.19. The van der Waals surface area contributed by atoms with Crippen molar-refractivity contribution in [3.8, 4) is 0 Å². The number of hydrogen-bond donors (Lipinski definition) is 2. The summed E-state index contributed by atoms with van der Waals surface area (Å²) >= 11 is 0. The summed E-state index contributed by atoms with van der Waals surface area (Å²) in [6.07, 6.45) is -5.82. The molecule has 0 aromatic heterocycles.